The van der Waals surface area contributed by atoms with Gasteiger partial charge in [-0.1, -0.05) is 30.3 Å². The zero-order valence-corrected chi connectivity index (χ0v) is 16.5. The molecular formula is C23H22FN5O. The topological polar surface area (TPSA) is 58.3 Å². The third-order valence-electron chi connectivity index (χ3n) is 5.40. The number of hydrogen-bond donors (Lipinski definition) is 0. The molecule has 30 heavy (non-hydrogen) atoms. The minimum absolute atomic E-state index is 0.198. The van der Waals surface area contributed by atoms with Gasteiger partial charge in [0.1, 0.15) is 12.1 Å². The molecule has 0 aliphatic carbocycles. The quantitative estimate of drug-likeness (QED) is 0.511. The zero-order chi connectivity index (χ0) is 20.3. The van der Waals surface area contributed by atoms with Crippen molar-refractivity contribution in [3.63, 3.8) is 0 Å². The van der Waals surface area contributed by atoms with Crippen molar-refractivity contribution in [3.8, 4) is 11.5 Å². The molecule has 1 fully saturated rings. The fourth-order valence-corrected chi connectivity index (χ4v) is 3.87. The highest BCUT2D eigenvalue weighted by Crippen LogP contribution is 2.28. The molecule has 0 bridgehead atoms. The number of aromatic nitrogens is 3. The second-order valence-electron chi connectivity index (χ2n) is 7.48. The van der Waals surface area contributed by atoms with Crippen LogP contribution < -0.4 is 4.90 Å². The second-order valence-corrected chi connectivity index (χ2v) is 7.48. The van der Waals surface area contributed by atoms with Crippen LogP contribution in [0.3, 0.4) is 0 Å². The molecule has 1 aliphatic rings. The third-order valence-corrected chi connectivity index (χ3v) is 5.40. The van der Waals surface area contributed by atoms with E-state index in [-0.39, 0.29) is 5.82 Å². The highest BCUT2D eigenvalue weighted by molar-refractivity contribution is 5.83. The molecule has 3 heterocycles. The maximum absolute atomic E-state index is 13.2. The summed E-state index contributed by atoms with van der Waals surface area (Å²) < 4.78 is 19.1. The molecule has 6 nitrogen and oxygen atoms in total. The summed E-state index contributed by atoms with van der Waals surface area (Å²) in [6.07, 6.45) is 2.55. The summed E-state index contributed by atoms with van der Waals surface area (Å²) in [4.78, 5) is 18.2. The van der Waals surface area contributed by atoms with Gasteiger partial charge in [0.05, 0.1) is 0 Å². The largest absolute Gasteiger partial charge is 0.417 e. The molecule has 5 rings (SSSR count). The van der Waals surface area contributed by atoms with Gasteiger partial charge in [-0.15, -0.1) is 0 Å². The van der Waals surface area contributed by atoms with E-state index in [1.807, 2.05) is 42.5 Å². The van der Waals surface area contributed by atoms with Gasteiger partial charge in [0.15, 0.2) is 11.3 Å². The Bertz CT molecular complexity index is 1130. The molecule has 0 N–H and O–H groups in total. The molecule has 1 aliphatic heterocycles. The lowest BCUT2D eigenvalue weighted by Crippen LogP contribution is -2.31. The fraction of sp³-hybridized carbons (Fsp3) is 0.261. The summed E-state index contributed by atoms with van der Waals surface area (Å²) >= 11 is 0. The van der Waals surface area contributed by atoms with Gasteiger partial charge in [-0.05, 0) is 36.2 Å². The first-order chi connectivity index (χ1) is 14.8. The van der Waals surface area contributed by atoms with Gasteiger partial charge in [0.25, 0.3) is 5.71 Å². The number of anilines is 1. The Morgan fingerprint density at radius 1 is 0.900 bits per heavy atom. The van der Waals surface area contributed by atoms with E-state index in [0.29, 0.717) is 17.1 Å². The standard InChI is InChI=1S/C23H22FN5O/c24-19-9-7-17(8-10-19)15-28-11-4-12-29(14-13-28)21-20-23(26-16-25-21)30-22(27-20)18-5-2-1-3-6-18/h1-3,5-10,16H,4,11-15H2. The average molecular weight is 403 g/mol. The average Bonchev–Trinajstić information content (AvgIpc) is 3.09. The molecule has 0 radical (unpaired) electrons. The predicted molar refractivity (Wildman–Crippen MR) is 114 cm³/mol. The van der Waals surface area contributed by atoms with E-state index in [2.05, 4.69) is 19.8 Å². The summed E-state index contributed by atoms with van der Waals surface area (Å²) in [5, 5.41) is 0. The SMILES string of the molecule is Fc1ccc(CN2CCCN(c3ncnc4oc(-c5ccccc5)nc34)CC2)cc1. The highest BCUT2D eigenvalue weighted by Gasteiger charge is 2.21. The smallest absolute Gasteiger partial charge is 0.252 e. The monoisotopic (exact) mass is 403 g/mol. The van der Waals surface area contributed by atoms with Crippen LogP contribution in [0, 0.1) is 5.82 Å². The molecule has 0 amide bonds. The lowest BCUT2D eigenvalue weighted by molar-refractivity contribution is 0.285. The van der Waals surface area contributed by atoms with Crippen molar-refractivity contribution in [2.75, 3.05) is 31.1 Å². The number of hydrogen-bond acceptors (Lipinski definition) is 6. The molecule has 152 valence electrons. The molecule has 0 unspecified atom stereocenters. The number of nitrogens with zero attached hydrogens (tertiary/aromatic N) is 5. The van der Waals surface area contributed by atoms with E-state index < -0.39 is 0 Å². The molecular weight excluding hydrogens is 381 g/mol. The van der Waals surface area contributed by atoms with Crippen LogP contribution in [0.1, 0.15) is 12.0 Å². The van der Waals surface area contributed by atoms with Crippen molar-refractivity contribution in [1.29, 1.82) is 0 Å². The summed E-state index contributed by atoms with van der Waals surface area (Å²) in [5.74, 6) is 1.17. The van der Waals surface area contributed by atoms with Gasteiger partial charge in [-0.3, -0.25) is 4.90 Å². The fourth-order valence-electron chi connectivity index (χ4n) is 3.87. The first-order valence-electron chi connectivity index (χ1n) is 10.1. The summed E-state index contributed by atoms with van der Waals surface area (Å²) in [6.45, 7) is 4.41. The van der Waals surface area contributed by atoms with Crippen LogP contribution in [-0.4, -0.2) is 46.0 Å². The Morgan fingerprint density at radius 2 is 1.73 bits per heavy atom. The van der Waals surface area contributed by atoms with Gasteiger partial charge >= 0.3 is 0 Å². The lowest BCUT2D eigenvalue weighted by Gasteiger charge is -2.22. The van der Waals surface area contributed by atoms with Crippen LogP contribution in [0.25, 0.3) is 22.7 Å². The Balaban J connectivity index is 1.35. The first-order valence-corrected chi connectivity index (χ1v) is 10.1. The van der Waals surface area contributed by atoms with Gasteiger partial charge in [0.2, 0.25) is 5.89 Å². The summed E-state index contributed by atoms with van der Waals surface area (Å²) in [6, 6.07) is 16.6. The van der Waals surface area contributed by atoms with Crippen molar-refractivity contribution < 1.29 is 8.81 Å². The van der Waals surface area contributed by atoms with Crippen molar-refractivity contribution in [3.05, 3.63) is 72.3 Å². The molecule has 4 aromatic rings. The van der Waals surface area contributed by atoms with Crippen molar-refractivity contribution in [2.45, 2.75) is 13.0 Å². The minimum Gasteiger partial charge on any atom is -0.417 e. The molecule has 0 saturated carbocycles. The molecule has 2 aromatic heterocycles. The van der Waals surface area contributed by atoms with Gasteiger partial charge in [-0.25, -0.2) is 14.4 Å². The normalized spacial score (nSPS) is 15.4. The zero-order valence-electron chi connectivity index (χ0n) is 16.5. The maximum atomic E-state index is 13.2. The number of halogens is 1. The second kappa shape index (κ2) is 8.20. The van der Waals surface area contributed by atoms with Crippen LogP contribution >= 0.6 is 0 Å². The van der Waals surface area contributed by atoms with Gasteiger partial charge in [-0.2, -0.15) is 4.98 Å². The lowest BCUT2D eigenvalue weighted by atomic mass is 10.2. The van der Waals surface area contributed by atoms with Crippen molar-refractivity contribution in [2.24, 2.45) is 0 Å². The van der Waals surface area contributed by atoms with Crippen LogP contribution in [0.15, 0.2) is 65.3 Å². The van der Waals surface area contributed by atoms with Gasteiger partial charge in [0, 0.05) is 38.3 Å². The van der Waals surface area contributed by atoms with E-state index in [9.17, 15) is 4.39 Å². The molecule has 7 heteroatoms. The predicted octanol–water partition coefficient (Wildman–Crippen LogP) is 4.14. The van der Waals surface area contributed by atoms with Crippen molar-refractivity contribution in [1.82, 2.24) is 19.9 Å². The summed E-state index contributed by atoms with van der Waals surface area (Å²) in [7, 11) is 0. The van der Waals surface area contributed by atoms with E-state index in [1.165, 1.54) is 12.1 Å². The number of fused-ring (bicyclic) bond motifs is 1. The Morgan fingerprint density at radius 3 is 2.57 bits per heavy atom. The number of rotatable bonds is 4. The van der Waals surface area contributed by atoms with E-state index in [4.69, 9.17) is 9.40 Å². The Labute approximate surface area is 174 Å². The number of benzene rings is 2. The van der Waals surface area contributed by atoms with Crippen LogP contribution in [-0.2, 0) is 6.54 Å². The molecule has 2 aromatic carbocycles. The minimum atomic E-state index is -0.198. The van der Waals surface area contributed by atoms with Crippen LogP contribution in [0.4, 0.5) is 10.2 Å². The maximum Gasteiger partial charge on any atom is 0.252 e. The van der Waals surface area contributed by atoms with E-state index in [0.717, 1.165) is 56.1 Å². The summed E-state index contributed by atoms with van der Waals surface area (Å²) in [5.41, 5.74) is 3.25. The number of oxazole rings is 1. The first kappa shape index (κ1) is 18.7. The van der Waals surface area contributed by atoms with Gasteiger partial charge < -0.3 is 9.32 Å². The Hall–Kier alpha value is -3.32. The van der Waals surface area contributed by atoms with Crippen LogP contribution in [0.5, 0.6) is 0 Å². The third kappa shape index (κ3) is 3.89. The van der Waals surface area contributed by atoms with Crippen LogP contribution in [0.2, 0.25) is 0 Å². The Kier molecular flexibility index (Phi) is 5.11. The van der Waals surface area contributed by atoms with E-state index >= 15 is 0 Å². The molecule has 1 saturated heterocycles. The highest BCUT2D eigenvalue weighted by atomic mass is 19.1. The van der Waals surface area contributed by atoms with Crippen molar-refractivity contribution >= 4 is 17.0 Å². The molecule has 0 spiro atoms. The molecule has 0 atom stereocenters. The van der Waals surface area contributed by atoms with E-state index in [1.54, 1.807) is 6.33 Å².